The van der Waals surface area contributed by atoms with Crippen LogP contribution in [0.5, 0.6) is 0 Å². The first-order valence-corrected chi connectivity index (χ1v) is 9.29. The predicted molar refractivity (Wildman–Crippen MR) is 96.4 cm³/mol. The van der Waals surface area contributed by atoms with Crippen LogP contribution in [0.1, 0.15) is 31.9 Å². The third kappa shape index (κ3) is 5.03. The molecule has 0 radical (unpaired) electrons. The van der Waals surface area contributed by atoms with E-state index < -0.39 is 5.60 Å². The molecule has 0 atom stereocenters. The summed E-state index contributed by atoms with van der Waals surface area (Å²) in [6.45, 7) is 7.61. The van der Waals surface area contributed by atoms with Gasteiger partial charge in [0.25, 0.3) is 0 Å². The number of hydrogen-bond donors (Lipinski definition) is 1. The Hall–Kier alpha value is -0.910. The average Bonchev–Trinajstić information content (AvgIpc) is 2.67. The zero-order valence-electron chi connectivity index (χ0n) is 14.0. The summed E-state index contributed by atoms with van der Waals surface area (Å²) in [5, 5.41) is 0.771. The van der Waals surface area contributed by atoms with Crippen LogP contribution in [0.4, 0.5) is 4.79 Å². The fourth-order valence-electron chi connectivity index (χ4n) is 2.59. The Labute approximate surface area is 147 Å². The molecule has 4 nitrogen and oxygen atoms in total. The van der Waals surface area contributed by atoms with Gasteiger partial charge in [-0.15, -0.1) is 11.8 Å². The maximum Gasteiger partial charge on any atom is 0.410 e. The number of thioether (sulfide) groups is 1. The molecule has 1 aliphatic heterocycles. The predicted octanol–water partition coefficient (Wildman–Crippen LogP) is 3.73. The smallest absolute Gasteiger partial charge is 0.410 e. The van der Waals surface area contributed by atoms with E-state index in [1.54, 1.807) is 16.7 Å². The Balaban J connectivity index is 2.15. The van der Waals surface area contributed by atoms with Crippen molar-refractivity contribution in [3.63, 3.8) is 0 Å². The molecule has 0 aliphatic carbocycles. The van der Waals surface area contributed by atoms with Crippen LogP contribution in [0.3, 0.4) is 0 Å². The summed E-state index contributed by atoms with van der Waals surface area (Å²) < 4.78 is 5.49. The molecular formula is C17H25ClN2O2S. The van der Waals surface area contributed by atoms with Crippen LogP contribution in [0, 0.1) is 0 Å². The molecule has 128 valence electrons. The third-order valence-electron chi connectivity index (χ3n) is 3.61. The number of benzene rings is 1. The first-order valence-electron chi connectivity index (χ1n) is 7.93. The molecule has 0 unspecified atom stereocenters. The van der Waals surface area contributed by atoms with Crippen LogP contribution in [-0.4, -0.2) is 42.0 Å². The standard InChI is InChI=1S/C17H25ClN2O2S/c1-17(2,3)22-16(21)20-9-6-12-4-5-14(18)15(23-11-8-19)13(12)7-10-20/h4-5H,6-11,19H2,1-3H3. The normalized spacial score (nSPS) is 15.1. The van der Waals surface area contributed by atoms with E-state index in [9.17, 15) is 4.79 Å². The molecule has 2 N–H and O–H groups in total. The number of ether oxygens (including phenoxy) is 1. The summed E-state index contributed by atoms with van der Waals surface area (Å²) in [6, 6.07) is 4.02. The number of rotatable bonds is 3. The van der Waals surface area contributed by atoms with Crippen molar-refractivity contribution in [2.75, 3.05) is 25.4 Å². The molecule has 0 spiro atoms. The first-order chi connectivity index (χ1) is 10.8. The largest absolute Gasteiger partial charge is 0.444 e. The van der Waals surface area contributed by atoms with Crippen molar-refractivity contribution in [1.82, 2.24) is 4.90 Å². The van der Waals surface area contributed by atoms with Gasteiger partial charge in [-0.25, -0.2) is 4.79 Å². The second-order valence-electron chi connectivity index (χ2n) is 6.62. The van der Waals surface area contributed by atoms with Crippen molar-refractivity contribution in [3.05, 3.63) is 28.3 Å². The minimum absolute atomic E-state index is 0.243. The second-order valence-corrected chi connectivity index (χ2v) is 8.13. The van der Waals surface area contributed by atoms with Gasteiger partial charge in [0.15, 0.2) is 0 Å². The monoisotopic (exact) mass is 356 g/mol. The van der Waals surface area contributed by atoms with Crippen LogP contribution in [0.15, 0.2) is 17.0 Å². The SMILES string of the molecule is CC(C)(C)OC(=O)N1CCc2ccc(Cl)c(SCCN)c2CC1. The van der Waals surface area contributed by atoms with E-state index >= 15 is 0 Å². The van der Waals surface area contributed by atoms with Crippen LogP contribution < -0.4 is 5.73 Å². The third-order valence-corrected chi connectivity index (χ3v) is 5.23. The number of carbonyl (C=O) groups is 1. The zero-order valence-corrected chi connectivity index (χ0v) is 15.6. The first kappa shape index (κ1) is 18.4. The summed E-state index contributed by atoms with van der Waals surface area (Å²) in [7, 11) is 0. The van der Waals surface area contributed by atoms with Gasteiger partial charge in [0.05, 0.1) is 5.02 Å². The Kier molecular flexibility index (Phi) is 6.23. The van der Waals surface area contributed by atoms with Gasteiger partial charge in [-0.3, -0.25) is 0 Å². The van der Waals surface area contributed by atoms with Crippen molar-refractivity contribution >= 4 is 29.5 Å². The van der Waals surface area contributed by atoms with Crippen LogP contribution >= 0.6 is 23.4 Å². The van der Waals surface area contributed by atoms with Gasteiger partial charge in [-0.05, 0) is 50.8 Å². The van der Waals surface area contributed by atoms with Gasteiger partial charge in [-0.2, -0.15) is 0 Å². The van der Waals surface area contributed by atoms with Gasteiger partial charge >= 0.3 is 6.09 Å². The number of nitrogens with two attached hydrogens (primary N) is 1. The van der Waals surface area contributed by atoms with E-state index in [1.807, 2.05) is 26.8 Å². The molecule has 0 saturated carbocycles. The highest BCUT2D eigenvalue weighted by atomic mass is 35.5. The molecule has 1 aromatic rings. The van der Waals surface area contributed by atoms with E-state index in [0.29, 0.717) is 19.6 Å². The molecule has 0 saturated heterocycles. The zero-order chi connectivity index (χ0) is 17.0. The molecule has 1 aromatic carbocycles. The van der Waals surface area contributed by atoms with Crippen molar-refractivity contribution in [3.8, 4) is 0 Å². The van der Waals surface area contributed by atoms with Crippen LogP contribution in [-0.2, 0) is 17.6 Å². The van der Waals surface area contributed by atoms with E-state index in [2.05, 4.69) is 6.07 Å². The van der Waals surface area contributed by atoms with Crippen molar-refractivity contribution in [2.24, 2.45) is 5.73 Å². The fourth-order valence-corrected chi connectivity index (χ4v) is 3.86. The lowest BCUT2D eigenvalue weighted by molar-refractivity contribution is 0.0258. The quantitative estimate of drug-likeness (QED) is 0.838. The van der Waals surface area contributed by atoms with E-state index in [0.717, 1.165) is 28.5 Å². The van der Waals surface area contributed by atoms with Gasteiger partial charge in [0.2, 0.25) is 0 Å². The van der Waals surface area contributed by atoms with Gasteiger partial charge < -0.3 is 15.4 Å². The summed E-state index contributed by atoms with van der Waals surface area (Å²) in [5.74, 6) is 0.839. The lowest BCUT2D eigenvalue weighted by Crippen LogP contribution is -2.38. The van der Waals surface area contributed by atoms with Gasteiger partial charge in [0, 0.05) is 30.3 Å². The Morgan fingerprint density at radius 2 is 2.04 bits per heavy atom. The van der Waals surface area contributed by atoms with Gasteiger partial charge in [-0.1, -0.05) is 17.7 Å². The van der Waals surface area contributed by atoms with Crippen LogP contribution in [0.2, 0.25) is 5.02 Å². The molecule has 6 heteroatoms. The summed E-state index contributed by atoms with van der Waals surface area (Å²) in [4.78, 5) is 15.2. The van der Waals surface area contributed by atoms with E-state index in [4.69, 9.17) is 22.1 Å². The van der Waals surface area contributed by atoms with E-state index in [-0.39, 0.29) is 6.09 Å². The van der Waals surface area contributed by atoms with Gasteiger partial charge in [0.1, 0.15) is 5.60 Å². The number of hydrogen-bond acceptors (Lipinski definition) is 4. The summed E-state index contributed by atoms with van der Waals surface area (Å²) in [5.41, 5.74) is 7.67. The topological polar surface area (TPSA) is 55.6 Å². The van der Waals surface area contributed by atoms with Crippen LogP contribution in [0.25, 0.3) is 0 Å². The Morgan fingerprint density at radius 1 is 1.35 bits per heavy atom. The molecular weight excluding hydrogens is 332 g/mol. The summed E-state index contributed by atoms with van der Waals surface area (Å²) >= 11 is 8.07. The summed E-state index contributed by atoms with van der Waals surface area (Å²) in [6.07, 6.45) is 1.37. The number of carbonyl (C=O) groups excluding carboxylic acids is 1. The molecule has 2 rings (SSSR count). The van der Waals surface area contributed by atoms with Crippen molar-refractivity contribution in [2.45, 2.75) is 44.1 Å². The molecule has 1 amide bonds. The second kappa shape index (κ2) is 7.77. The van der Waals surface area contributed by atoms with Crippen molar-refractivity contribution in [1.29, 1.82) is 0 Å². The molecule has 0 aromatic heterocycles. The van der Waals surface area contributed by atoms with Crippen molar-refractivity contribution < 1.29 is 9.53 Å². The molecule has 23 heavy (non-hydrogen) atoms. The highest BCUT2D eigenvalue weighted by molar-refractivity contribution is 7.99. The number of halogens is 1. The maximum absolute atomic E-state index is 12.3. The Morgan fingerprint density at radius 3 is 2.70 bits per heavy atom. The minimum Gasteiger partial charge on any atom is -0.444 e. The average molecular weight is 357 g/mol. The molecule has 1 heterocycles. The fraction of sp³-hybridized carbons (Fsp3) is 0.588. The Bertz CT molecular complexity index is 572. The maximum atomic E-state index is 12.3. The molecule has 0 fully saturated rings. The lowest BCUT2D eigenvalue weighted by atomic mass is 10.0. The lowest BCUT2D eigenvalue weighted by Gasteiger charge is -2.26. The van der Waals surface area contributed by atoms with E-state index in [1.165, 1.54) is 11.1 Å². The highest BCUT2D eigenvalue weighted by Crippen LogP contribution is 2.34. The number of nitrogens with zero attached hydrogens (tertiary/aromatic N) is 1. The highest BCUT2D eigenvalue weighted by Gasteiger charge is 2.25. The number of fused-ring (bicyclic) bond motifs is 1. The number of amides is 1. The minimum atomic E-state index is -0.471. The molecule has 0 bridgehead atoms. The molecule has 1 aliphatic rings.